The Morgan fingerprint density at radius 3 is 1.78 bits per heavy atom. The summed E-state index contributed by atoms with van der Waals surface area (Å²) in [6, 6.07) is 6.41. The van der Waals surface area contributed by atoms with E-state index >= 15 is 0 Å². The molecule has 1 rings (SSSR count). The molecule has 0 aliphatic heterocycles. The van der Waals surface area contributed by atoms with Crippen LogP contribution in [0.1, 0.15) is 87.9 Å². The number of unbranched alkanes of at least 4 members (excludes halogenated alkanes) is 10. The van der Waals surface area contributed by atoms with Crippen molar-refractivity contribution in [2.45, 2.75) is 77.6 Å². The SMILES string of the molecule is CCCCCCCCCCCCCOc1ccc(C(=O)[O-])cc1. The van der Waals surface area contributed by atoms with E-state index in [1.54, 1.807) is 12.1 Å². The van der Waals surface area contributed by atoms with Gasteiger partial charge in [-0.15, -0.1) is 0 Å². The van der Waals surface area contributed by atoms with Gasteiger partial charge in [0.1, 0.15) is 5.75 Å². The smallest absolute Gasteiger partial charge is 0.119 e. The van der Waals surface area contributed by atoms with Crippen LogP contribution in [-0.2, 0) is 0 Å². The summed E-state index contributed by atoms with van der Waals surface area (Å²) in [5, 5.41) is 10.6. The van der Waals surface area contributed by atoms with E-state index in [0.717, 1.165) is 12.2 Å². The van der Waals surface area contributed by atoms with Crippen molar-refractivity contribution in [3.63, 3.8) is 0 Å². The molecule has 0 amide bonds. The number of carbonyl (C=O) groups is 1. The molecule has 0 aliphatic rings. The lowest BCUT2D eigenvalue weighted by Gasteiger charge is -2.07. The molecule has 130 valence electrons. The maximum absolute atomic E-state index is 10.6. The topological polar surface area (TPSA) is 49.4 Å². The predicted molar refractivity (Wildman–Crippen MR) is 92.7 cm³/mol. The molecule has 3 nitrogen and oxygen atoms in total. The molecule has 0 saturated heterocycles. The zero-order valence-corrected chi connectivity index (χ0v) is 14.5. The highest BCUT2D eigenvalue weighted by Crippen LogP contribution is 2.14. The summed E-state index contributed by atoms with van der Waals surface area (Å²) in [6.07, 6.45) is 14.5. The highest BCUT2D eigenvalue weighted by molar-refractivity contribution is 5.85. The molecular weight excluding hydrogens is 288 g/mol. The van der Waals surface area contributed by atoms with Crippen LogP contribution in [0.2, 0.25) is 0 Å². The Morgan fingerprint density at radius 1 is 0.826 bits per heavy atom. The van der Waals surface area contributed by atoms with E-state index in [1.165, 1.54) is 76.3 Å². The van der Waals surface area contributed by atoms with E-state index in [9.17, 15) is 9.90 Å². The lowest BCUT2D eigenvalue weighted by atomic mass is 10.1. The van der Waals surface area contributed by atoms with Crippen molar-refractivity contribution in [1.82, 2.24) is 0 Å². The largest absolute Gasteiger partial charge is 0.545 e. The van der Waals surface area contributed by atoms with E-state index in [-0.39, 0.29) is 5.56 Å². The number of carboxylic acids is 1. The van der Waals surface area contributed by atoms with Crippen LogP contribution in [0.15, 0.2) is 24.3 Å². The fourth-order valence-corrected chi connectivity index (χ4v) is 2.64. The van der Waals surface area contributed by atoms with Gasteiger partial charge in [0.15, 0.2) is 0 Å². The van der Waals surface area contributed by atoms with Crippen LogP contribution < -0.4 is 9.84 Å². The van der Waals surface area contributed by atoms with Crippen LogP contribution in [0.4, 0.5) is 0 Å². The molecule has 0 bridgehead atoms. The summed E-state index contributed by atoms with van der Waals surface area (Å²) in [5.41, 5.74) is 0.187. The number of benzene rings is 1. The van der Waals surface area contributed by atoms with Gasteiger partial charge >= 0.3 is 0 Å². The van der Waals surface area contributed by atoms with Gasteiger partial charge in [-0.3, -0.25) is 0 Å². The first-order valence-electron chi connectivity index (χ1n) is 9.18. The Labute approximate surface area is 141 Å². The van der Waals surface area contributed by atoms with Crippen LogP contribution in [0.3, 0.4) is 0 Å². The Kier molecular flexibility index (Phi) is 11.0. The third-order valence-electron chi connectivity index (χ3n) is 4.11. The van der Waals surface area contributed by atoms with Crippen LogP contribution in [0, 0.1) is 0 Å². The Morgan fingerprint density at radius 2 is 1.30 bits per heavy atom. The highest BCUT2D eigenvalue weighted by Gasteiger charge is 1.97. The van der Waals surface area contributed by atoms with Crippen LogP contribution >= 0.6 is 0 Å². The molecule has 1 aromatic carbocycles. The summed E-state index contributed by atoms with van der Waals surface area (Å²) in [7, 11) is 0. The molecule has 1 aromatic rings. The minimum absolute atomic E-state index is 0.187. The number of rotatable bonds is 14. The van der Waals surface area contributed by atoms with Crippen molar-refractivity contribution < 1.29 is 14.6 Å². The second kappa shape index (κ2) is 13.0. The van der Waals surface area contributed by atoms with Gasteiger partial charge in [0.25, 0.3) is 0 Å². The van der Waals surface area contributed by atoms with Gasteiger partial charge < -0.3 is 14.6 Å². The second-order valence-corrected chi connectivity index (χ2v) is 6.20. The molecular formula is C20H31O3-. The lowest BCUT2D eigenvalue weighted by Crippen LogP contribution is -2.21. The third-order valence-corrected chi connectivity index (χ3v) is 4.11. The number of ether oxygens (including phenoxy) is 1. The summed E-state index contributed by atoms with van der Waals surface area (Å²) in [6.45, 7) is 2.95. The molecule has 0 N–H and O–H groups in total. The molecule has 0 saturated carbocycles. The van der Waals surface area contributed by atoms with Gasteiger partial charge in [-0.2, -0.15) is 0 Å². The Balaban J connectivity index is 1.90. The first-order chi connectivity index (χ1) is 11.2. The quantitative estimate of drug-likeness (QED) is 0.465. The summed E-state index contributed by atoms with van der Waals surface area (Å²) in [4.78, 5) is 10.6. The Bertz CT molecular complexity index is 411. The molecule has 0 aliphatic carbocycles. The van der Waals surface area contributed by atoms with Gasteiger partial charge in [-0.25, -0.2) is 0 Å². The van der Waals surface area contributed by atoms with Crippen LogP contribution in [-0.4, -0.2) is 12.6 Å². The van der Waals surface area contributed by atoms with Gasteiger partial charge in [-0.05, 0) is 36.2 Å². The summed E-state index contributed by atoms with van der Waals surface area (Å²) < 4.78 is 5.61. The van der Waals surface area contributed by atoms with E-state index in [2.05, 4.69) is 6.92 Å². The fourth-order valence-electron chi connectivity index (χ4n) is 2.64. The highest BCUT2D eigenvalue weighted by atomic mass is 16.5. The first-order valence-corrected chi connectivity index (χ1v) is 9.18. The lowest BCUT2D eigenvalue weighted by molar-refractivity contribution is -0.255. The van der Waals surface area contributed by atoms with Crippen molar-refractivity contribution in [3.8, 4) is 5.75 Å². The molecule has 3 heteroatoms. The van der Waals surface area contributed by atoms with E-state index in [4.69, 9.17) is 4.74 Å². The number of aromatic carboxylic acids is 1. The van der Waals surface area contributed by atoms with Crippen molar-refractivity contribution in [1.29, 1.82) is 0 Å². The van der Waals surface area contributed by atoms with Gasteiger partial charge in [0, 0.05) is 0 Å². The average Bonchev–Trinajstić information content (AvgIpc) is 2.56. The number of carbonyl (C=O) groups excluding carboxylic acids is 1. The van der Waals surface area contributed by atoms with E-state index in [0.29, 0.717) is 6.61 Å². The molecule has 0 heterocycles. The molecule has 0 unspecified atom stereocenters. The minimum atomic E-state index is -1.15. The number of hydrogen-bond acceptors (Lipinski definition) is 3. The average molecular weight is 319 g/mol. The van der Waals surface area contributed by atoms with Gasteiger partial charge in [0.2, 0.25) is 0 Å². The number of carboxylic acid groups (broad SMARTS) is 1. The Hall–Kier alpha value is -1.51. The zero-order valence-electron chi connectivity index (χ0n) is 14.5. The third kappa shape index (κ3) is 9.98. The van der Waals surface area contributed by atoms with Crippen molar-refractivity contribution >= 4 is 5.97 Å². The molecule has 23 heavy (non-hydrogen) atoms. The first kappa shape index (κ1) is 19.5. The molecule has 0 radical (unpaired) electrons. The number of hydrogen-bond donors (Lipinski definition) is 0. The maximum atomic E-state index is 10.6. The normalized spacial score (nSPS) is 10.7. The van der Waals surface area contributed by atoms with E-state index in [1.807, 2.05) is 0 Å². The van der Waals surface area contributed by atoms with Crippen molar-refractivity contribution in [3.05, 3.63) is 29.8 Å². The summed E-state index contributed by atoms with van der Waals surface area (Å²) in [5.74, 6) is -0.427. The second-order valence-electron chi connectivity index (χ2n) is 6.20. The minimum Gasteiger partial charge on any atom is -0.545 e. The molecule has 0 aromatic heterocycles. The predicted octanol–water partition coefficient (Wildman–Crippen LogP) is 4.74. The summed E-state index contributed by atoms with van der Waals surface area (Å²) >= 11 is 0. The van der Waals surface area contributed by atoms with Gasteiger partial charge in [-0.1, -0.05) is 71.1 Å². The van der Waals surface area contributed by atoms with Crippen LogP contribution in [0.25, 0.3) is 0 Å². The van der Waals surface area contributed by atoms with Crippen LogP contribution in [0.5, 0.6) is 5.75 Å². The maximum Gasteiger partial charge on any atom is 0.119 e. The molecule has 0 fully saturated rings. The zero-order chi connectivity index (χ0) is 16.8. The van der Waals surface area contributed by atoms with Gasteiger partial charge in [0.05, 0.1) is 12.6 Å². The molecule has 0 atom stereocenters. The molecule has 0 spiro atoms. The standard InChI is InChI=1S/C20H32O3/c1-2-3-4-5-6-7-8-9-10-11-12-17-23-19-15-13-18(14-16-19)20(21)22/h13-16H,2-12,17H2,1H3,(H,21,22)/p-1. The van der Waals surface area contributed by atoms with E-state index < -0.39 is 5.97 Å². The van der Waals surface area contributed by atoms with Crippen molar-refractivity contribution in [2.75, 3.05) is 6.61 Å². The van der Waals surface area contributed by atoms with Crippen molar-refractivity contribution in [2.24, 2.45) is 0 Å². The monoisotopic (exact) mass is 319 g/mol. The fraction of sp³-hybridized carbons (Fsp3) is 0.650.